The summed E-state index contributed by atoms with van der Waals surface area (Å²) in [6, 6.07) is 62.0. The van der Waals surface area contributed by atoms with Crippen LogP contribution in [-0.4, -0.2) is 15.0 Å². The van der Waals surface area contributed by atoms with Gasteiger partial charge in [0.05, 0.1) is 22.6 Å². The topological polar surface area (TPSA) is 38.7 Å². The summed E-state index contributed by atoms with van der Waals surface area (Å²) in [6.45, 7) is 0. The molecule has 0 saturated carbocycles. The zero-order chi connectivity index (χ0) is 34.4. The molecule has 0 spiro atoms. The predicted molar refractivity (Wildman–Crippen MR) is 217 cm³/mol. The second-order valence-corrected chi connectivity index (χ2v) is 14.1. The van der Waals surface area contributed by atoms with Gasteiger partial charge >= 0.3 is 0 Å². The Morgan fingerprint density at radius 2 is 1.04 bits per heavy atom. The normalized spacial score (nSPS) is 12.1. The monoisotopic (exact) mass is 681 g/mol. The molecule has 0 fully saturated rings. The van der Waals surface area contributed by atoms with Gasteiger partial charge in [-0.05, 0) is 51.2 Å². The molecule has 10 rings (SSSR count). The number of nitrogens with zero attached hydrogens (tertiary/aromatic N) is 3. The van der Waals surface area contributed by atoms with Gasteiger partial charge in [-0.2, -0.15) is 0 Å². The van der Waals surface area contributed by atoms with Crippen LogP contribution >= 0.6 is 11.8 Å². The summed E-state index contributed by atoms with van der Waals surface area (Å²) in [4.78, 5) is 17.1. The van der Waals surface area contributed by atoms with E-state index >= 15 is 0 Å². The average molecular weight is 682 g/mol. The van der Waals surface area contributed by atoms with Gasteiger partial charge in [0, 0.05) is 43.9 Å². The van der Waals surface area contributed by atoms with Crippen molar-refractivity contribution in [3.8, 4) is 67.4 Å². The highest BCUT2D eigenvalue weighted by Crippen LogP contribution is 2.51. The van der Waals surface area contributed by atoms with Crippen molar-refractivity contribution in [2.45, 2.75) is 10.6 Å². The standard InChI is InChI=1S/C48H31N3S/c1-3-15-32(16-4-1)42-29-43(33-17-5-2-6-18-33)51-48(50-42)35-22-11-21-34(28-35)46-45-38-24-10-8-19-36(38)30-52-47(45)44-40(26-13-27-41(44)49-46)39-25-12-20-31-14-7-9-23-37(31)39/h1-29H,30H2. The van der Waals surface area contributed by atoms with E-state index in [9.17, 15) is 0 Å². The van der Waals surface area contributed by atoms with Crippen LogP contribution in [0, 0.1) is 0 Å². The van der Waals surface area contributed by atoms with Crippen LogP contribution in [0.15, 0.2) is 181 Å². The van der Waals surface area contributed by atoms with Gasteiger partial charge in [0.2, 0.25) is 0 Å². The molecule has 0 bridgehead atoms. The molecule has 0 unspecified atom stereocenters. The molecule has 52 heavy (non-hydrogen) atoms. The minimum atomic E-state index is 0.685. The van der Waals surface area contributed by atoms with Gasteiger partial charge in [0.15, 0.2) is 5.82 Å². The first kappa shape index (κ1) is 30.5. The molecule has 0 amide bonds. The van der Waals surface area contributed by atoms with E-state index in [0.717, 1.165) is 50.6 Å². The van der Waals surface area contributed by atoms with Crippen molar-refractivity contribution in [3.05, 3.63) is 181 Å². The van der Waals surface area contributed by atoms with E-state index < -0.39 is 0 Å². The van der Waals surface area contributed by atoms with E-state index in [-0.39, 0.29) is 0 Å². The highest BCUT2D eigenvalue weighted by Gasteiger charge is 2.26. The fourth-order valence-corrected chi connectivity index (χ4v) is 8.77. The number of rotatable bonds is 5. The molecule has 0 atom stereocenters. The van der Waals surface area contributed by atoms with E-state index in [2.05, 4.69) is 164 Å². The molecule has 0 saturated heterocycles. The molecule has 0 radical (unpaired) electrons. The highest BCUT2D eigenvalue weighted by atomic mass is 32.2. The molecule has 1 aliphatic heterocycles. The van der Waals surface area contributed by atoms with Crippen LogP contribution < -0.4 is 0 Å². The molecular formula is C48H31N3S. The van der Waals surface area contributed by atoms with Crippen LogP contribution in [0.2, 0.25) is 0 Å². The van der Waals surface area contributed by atoms with E-state index in [0.29, 0.717) is 5.82 Å². The van der Waals surface area contributed by atoms with E-state index in [1.807, 2.05) is 23.9 Å². The second kappa shape index (κ2) is 12.8. The smallest absolute Gasteiger partial charge is 0.160 e. The Kier molecular flexibility index (Phi) is 7.47. The van der Waals surface area contributed by atoms with Crippen LogP contribution in [0.1, 0.15) is 5.56 Å². The van der Waals surface area contributed by atoms with Crippen LogP contribution in [0.3, 0.4) is 0 Å². The fraction of sp³-hybridized carbons (Fsp3) is 0.0208. The lowest BCUT2D eigenvalue weighted by Gasteiger charge is -2.25. The zero-order valence-corrected chi connectivity index (χ0v) is 29.0. The minimum Gasteiger partial charge on any atom is -0.247 e. The Bertz CT molecular complexity index is 2730. The molecule has 1 aliphatic rings. The van der Waals surface area contributed by atoms with Crippen molar-refractivity contribution < 1.29 is 0 Å². The van der Waals surface area contributed by atoms with Gasteiger partial charge in [0.25, 0.3) is 0 Å². The third-order valence-corrected chi connectivity index (χ3v) is 11.1. The third-order valence-electron chi connectivity index (χ3n) is 9.96. The first-order chi connectivity index (χ1) is 25.8. The van der Waals surface area contributed by atoms with Crippen LogP contribution in [0.25, 0.3) is 89.1 Å². The van der Waals surface area contributed by atoms with Crippen molar-refractivity contribution >= 4 is 33.4 Å². The van der Waals surface area contributed by atoms with Crippen molar-refractivity contribution in [2.75, 3.05) is 0 Å². The number of benzene rings is 7. The zero-order valence-electron chi connectivity index (χ0n) is 28.2. The lowest BCUT2D eigenvalue weighted by atomic mass is 9.90. The number of pyridine rings is 1. The largest absolute Gasteiger partial charge is 0.247 e. The van der Waals surface area contributed by atoms with Gasteiger partial charge < -0.3 is 0 Å². The third kappa shape index (κ3) is 5.28. The van der Waals surface area contributed by atoms with Crippen molar-refractivity contribution in [3.63, 3.8) is 0 Å². The molecule has 2 aromatic heterocycles. The van der Waals surface area contributed by atoms with E-state index in [4.69, 9.17) is 15.0 Å². The maximum atomic E-state index is 5.53. The van der Waals surface area contributed by atoms with Crippen LogP contribution in [0.4, 0.5) is 0 Å². The van der Waals surface area contributed by atoms with Crippen LogP contribution in [-0.2, 0) is 5.75 Å². The Morgan fingerprint density at radius 3 is 1.85 bits per heavy atom. The average Bonchev–Trinajstić information content (AvgIpc) is 3.23. The molecule has 7 aromatic carbocycles. The highest BCUT2D eigenvalue weighted by molar-refractivity contribution is 7.99. The van der Waals surface area contributed by atoms with E-state index in [1.165, 1.54) is 48.9 Å². The number of aromatic nitrogens is 3. The SMILES string of the molecule is c1ccc(-c2cc(-c3ccccc3)nc(-c3cccc(-c4nc5cccc(-c6cccc7ccccc67)c5c5c4-c4ccccc4CS5)c3)n2)cc1. The lowest BCUT2D eigenvalue weighted by molar-refractivity contribution is 1.18. The number of thioether (sulfide) groups is 1. The number of fused-ring (bicyclic) bond motifs is 6. The summed E-state index contributed by atoms with van der Waals surface area (Å²) >= 11 is 1.92. The Morgan fingerprint density at radius 1 is 0.442 bits per heavy atom. The van der Waals surface area contributed by atoms with Gasteiger partial charge in [0.1, 0.15) is 0 Å². The summed E-state index contributed by atoms with van der Waals surface area (Å²) in [5.41, 5.74) is 14.0. The summed E-state index contributed by atoms with van der Waals surface area (Å²) in [7, 11) is 0. The van der Waals surface area contributed by atoms with Crippen LogP contribution in [0.5, 0.6) is 0 Å². The summed E-state index contributed by atoms with van der Waals surface area (Å²) in [6.07, 6.45) is 0. The molecule has 244 valence electrons. The van der Waals surface area contributed by atoms with Gasteiger partial charge in [-0.3, -0.25) is 0 Å². The van der Waals surface area contributed by atoms with E-state index in [1.54, 1.807) is 0 Å². The molecule has 3 heterocycles. The van der Waals surface area contributed by atoms with Gasteiger partial charge in [-0.25, -0.2) is 15.0 Å². The quantitative estimate of drug-likeness (QED) is 0.181. The number of hydrogen-bond acceptors (Lipinski definition) is 4. The summed E-state index contributed by atoms with van der Waals surface area (Å²) in [5, 5.41) is 3.69. The molecule has 4 heteroatoms. The number of hydrogen-bond donors (Lipinski definition) is 0. The van der Waals surface area contributed by atoms with Crippen molar-refractivity contribution in [1.82, 2.24) is 15.0 Å². The fourth-order valence-electron chi connectivity index (χ4n) is 7.50. The first-order valence-electron chi connectivity index (χ1n) is 17.6. The summed E-state index contributed by atoms with van der Waals surface area (Å²) < 4.78 is 0. The van der Waals surface area contributed by atoms with Gasteiger partial charge in [-0.15, -0.1) is 11.8 Å². The van der Waals surface area contributed by atoms with Gasteiger partial charge in [-0.1, -0.05) is 158 Å². The molecule has 0 N–H and O–H groups in total. The summed E-state index contributed by atoms with van der Waals surface area (Å²) in [5.74, 6) is 1.60. The van der Waals surface area contributed by atoms with Crippen molar-refractivity contribution in [2.24, 2.45) is 0 Å². The predicted octanol–water partition coefficient (Wildman–Crippen LogP) is 12.8. The first-order valence-corrected chi connectivity index (χ1v) is 18.5. The Balaban J connectivity index is 1.20. The minimum absolute atomic E-state index is 0.685. The maximum absolute atomic E-state index is 5.53. The lowest BCUT2D eigenvalue weighted by Crippen LogP contribution is -2.03. The molecule has 3 nitrogen and oxygen atoms in total. The van der Waals surface area contributed by atoms with Crippen molar-refractivity contribution in [1.29, 1.82) is 0 Å². The Labute approximate surface area is 306 Å². The molecule has 9 aromatic rings. The Hall–Kier alpha value is -6.36. The maximum Gasteiger partial charge on any atom is 0.160 e. The second-order valence-electron chi connectivity index (χ2n) is 13.1. The molecular weight excluding hydrogens is 651 g/mol. The molecule has 0 aliphatic carbocycles.